The summed E-state index contributed by atoms with van der Waals surface area (Å²) in [6.45, 7) is 0. The second-order valence-electron chi connectivity index (χ2n) is 6.81. The van der Waals surface area contributed by atoms with Crippen molar-refractivity contribution in [1.82, 2.24) is 5.32 Å². The van der Waals surface area contributed by atoms with Gasteiger partial charge in [0, 0.05) is 17.0 Å². The van der Waals surface area contributed by atoms with E-state index in [0.29, 0.717) is 6.04 Å². The number of benzene rings is 2. The van der Waals surface area contributed by atoms with Gasteiger partial charge in [-0.1, -0.05) is 18.2 Å². The van der Waals surface area contributed by atoms with Crippen molar-refractivity contribution in [3.05, 3.63) is 53.6 Å². The van der Waals surface area contributed by atoms with Gasteiger partial charge in [-0.15, -0.1) is 24.2 Å². The van der Waals surface area contributed by atoms with Crippen molar-refractivity contribution in [2.75, 3.05) is 13.4 Å². The Bertz CT molecular complexity index is 726. The molecule has 3 rings (SSSR count). The molecule has 0 aliphatic carbocycles. The number of aromatic hydroxyl groups is 1. The number of hydrogen-bond acceptors (Lipinski definition) is 5. The Morgan fingerprint density at radius 3 is 2.59 bits per heavy atom. The molecule has 0 spiro atoms. The number of halogens is 1. The van der Waals surface area contributed by atoms with Crippen LogP contribution in [0.3, 0.4) is 0 Å². The highest BCUT2D eigenvalue weighted by Crippen LogP contribution is 2.33. The van der Waals surface area contributed by atoms with E-state index in [4.69, 9.17) is 4.74 Å². The topological polar surface area (TPSA) is 61.7 Å². The number of hydrogen-bond donors (Lipinski definition) is 3. The van der Waals surface area contributed by atoms with Gasteiger partial charge >= 0.3 is 0 Å². The quantitative estimate of drug-likeness (QED) is 0.594. The predicted molar refractivity (Wildman–Crippen MR) is 113 cm³/mol. The molecule has 148 valence electrons. The third-order valence-electron chi connectivity index (χ3n) is 5.14. The molecule has 0 amide bonds. The van der Waals surface area contributed by atoms with E-state index < -0.39 is 6.10 Å². The lowest BCUT2D eigenvalue weighted by Crippen LogP contribution is -2.34. The normalized spacial score (nSPS) is 20.1. The minimum atomic E-state index is -0.549. The monoisotopic (exact) mass is 409 g/mol. The van der Waals surface area contributed by atoms with E-state index in [2.05, 4.69) is 17.4 Å². The number of rotatable bonds is 7. The van der Waals surface area contributed by atoms with Crippen LogP contribution in [0.5, 0.6) is 11.5 Å². The lowest BCUT2D eigenvalue weighted by atomic mass is 10.0. The second-order valence-corrected chi connectivity index (χ2v) is 7.66. The van der Waals surface area contributed by atoms with E-state index in [9.17, 15) is 10.2 Å². The predicted octanol–water partition coefficient (Wildman–Crippen LogP) is 4.33. The maximum Gasteiger partial charge on any atom is 0.129 e. The van der Waals surface area contributed by atoms with Gasteiger partial charge in [0.15, 0.2) is 0 Å². The second kappa shape index (κ2) is 10.2. The van der Waals surface area contributed by atoms with Gasteiger partial charge < -0.3 is 20.3 Å². The highest BCUT2D eigenvalue weighted by Gasteiger charge is 2.30. The molecular formula is C21H28ClNO3S. The lowest BCUT2D eigenvalue weighted by Gasteiger charge is -2.21. The first-order valence-corrected chi connectivity index (χ1v) is 10.3. The molecule has 0 bridgehead atoms. The Hall–Kier alpha value is -1.40. The van der Waals surface area contributed by atoms with Crippen molar-refractivity contribution in [3.8, 4) is 11.5 Å². The third kappa shape index (κ3) is 5.55. The van der Waals surface area contributed by atoms with Crippen molar-refractivity contribution in [2.45, 2.75) is 48.8 Å². The maximum absolute atomic E-state index is 10.7. The number of nitrogens with one attached hydrogen (secondary N) is 1. The van der Waals surface area contributed by atoms with E-state index in [1.807, 2.05) is 30.5 Å². The molecule has 1 saturated heterocycles. The van der Waals surface area contributed by atoms with Gasteiger partial charge in [0.1, 0.15) is 11.5 Å². The average Bonchev–Trinajstić information content (AvgIpc) is 3.15. The Kier molecular flexibility index (Phi) is 8.29. The highest BCUT2D eigenvalue weighted by molar-refractivity contribution is 7.98. The summed E-state index contributed by atoms with van der Waals surface area (Å²) in [6, 6.07) is 14.1. The number of aliphatic hydroxyl groups excluding tert-OH is 1. The summed E-state index contributed by atoms with van der Waals surface area (Å²) in [4.78, 5) is 0.801. The van der Waals surface area contributed by atoms with Gasteiger partial charge in [-0.05, 0) is 67.3 Å². The Morgan fingerprint density at radius 1 is 1.19 bits per heavy atom. The highest BCUT2D eigenvalue weighted by atomic mass is 35.5. The standard InChI is InChI=1S/C21H27NO3S.ClH/c1-25-17-9-4-14(5-10-17)3-7-16-8-11-18(22-16)21(24)15-6-12-19(23)20(13-15)26-2;/h4-6,9-10,12-13,16,18,21-24H,3,7-8,11H2,1-2H3;1H. The molecule has 27 heavy (non-hydrogen) atoms. The van der Waals surface area contributed by atoms with E-state index in [0.717, 1.165) is 41.9 Å². The van der Waals surface area contributed by atoms with Crippen LogP contribution in [-0.2, 0) is 6.42 Å². The van der Waals surface area contributed by atoms with Gasteiger partial charge in [0.2, 0.25) is 0 Å². The van der Waals surface area contributed by atoms with Crippen molar-refractivity contribution in [1.29, 1.82) is 0 Å². The largest absolute Gasteiger partial charge is 0.507 e. The minimum Gasteiger partial charge on any atom is -0.507 e. The molecule has 3 N–H and O–H groups in total. The summed E-state index contributed by atoms with van der Waals surface area (Å²) in [7, 11) is 1.68. The Morgan fingerprint density at radius 2 is 1.93 bits per heavy atom. The summed E-state index contributed by atoms with van der Waals surface area (Å²) < 4.78 is 5.20. The summed E-state index contributed by atoms with van der Waals surface area (Å²) in [5.74, 6) is 1.15. The number of methoxy groups -OCH3 is 1. The SMILES string of the molecule is COc1ccc(CCC2CCC(C(O)c3ccc(O)c(SC)c3)N2)cc1.Cl. The maximum atomic E-state index is 10.7. The van der Waals surface area contributed by atoms with Crippen LogP contribution in [0.15, 0.2) is 47.4 Å². The molecule has 6 heteroatoms. The number of phenols is 1. The van der Waals surface area contributed by atoms with Gasteiger partial charge in [-0.3, -0.25) is 0 Å². The van der Waals surface area contributed by atoms with E-state index in [1.54, 1.807) is 13.2 Å². The van der Waals surface area contributed by atoms with Gasteiger partial charge in [0.05, 0.1) is 13.2 Å². The zero-order valence-corrected chi connectivity index (χ0v) is 17.4. The number of ether oxygens (including phenoxy) is 1. The van der Waals surface area contributed by atoms with Crippen LogP contribution in [-0.4, -0.2) is 35.7 Å². The van der Waals surface area contributed by atoms with Crippen molar-refractivity contribution >= 4 is 24.2 Å². The molecule has 1 fully saturated rings. The molecule has 2 aromatic carbocycles. The van der Waals surface area contributed by atoms with Crippen molar-refractivity contribution in [2.24, 2.45) is 0 Å². The van der Waals surface area contributed by atoms with Crippen molar-refractivity contribution in [3.63, 3.8) is 0 Å². The fourth-order valence-corrected chi connectivity index (χ4v) is 4.10. The molecule has 3 unspecified atom stereocenters. The lowest BCUT2D eigenvalue weighted by molar-refractivity contribution is 0.134. The summed E-state index contributed by atoms with van der Waals surface area (Å²) in [6.07, 6.45) is 5.48. The first-order valence-electron chi connectivity index (χ1n) is 9.04. The zero-order chi connectivity index (χ0) is 18.5. The zero-order valence-electron chi connectivity index (χ0n) is 15.7. The molecule has 1 heterocycles. The van der Waals surface area contributed by atoms with Crippen LogP contribution in [0.25, 0.3) is 0 Å². The average molecular weight is 410 g/mol. The molecule has 2 aromatic rings. The van der Waals surface area contributed by atoms with Gasteiger partial charge in [-0.2, -0.15) is 0 Å². The van der Waals surface area contributed by atoms with Crippen LogP contribution < -0.4 is 10.1 Å². The van der Waals surface area contributed by atoms with Crippen LogP contribution in [0, 0.1) is 0 Å². The first kappa shape index (κ1) is 21.9. The van der Waals surface area contributed by atoms with Crippen LogP contribution in [0.4, 0.5) is 0 Å². The molecule has 1 aliphatic rings. The number of thioether (sulfide) groups is 1. The third-order valence-corrected chi connectivity index (χ3v) is 5.91. The summed E-state index contributed by atoms with van der Waals surface area (Å²) in [5.41, 5.74) is 2.17. The summed E-state index contributed by atoms with van der Waals surface area (Å²) >= 11 is 1.49. The fourth-order valence-electron chi connectivity index (χ4n) is 3.57. The van der Waals surface area contributed by atoms with Crippen molar-refractivity contribution < 1.29 is 14.9 Å². The number of phenolic OH excluding ortho intramolecular Hbond substituents is 1. The number of aryl methyl sites for hydroxylation is 1. The molecule has 4 nitrogen and oxygen atoms in total. The van der Waals surface area contributed by atoms with E-state index in [1.165, 1.54) is 17.3 Å². The van der Waals surface area contributed by atoms with Crippen LogP contribution in [0.1, 0.15) is 36.5 Å². The Balaban J connectivity index is 0.00000261. The van der Waals surface area contributed by atoms with Crippen LogP contribution >= 0.6 is 24.2 Å². The molecule has 0 aromatic heterocycles. The van der Waals surface area contributed by atoms with Crippen LogP contribution in [0.2, 0.25) is 0 Å². The van der Waals surface area contributed by atoms with Gasteiger partial charge in [-0.25, -0.2) is 0 Å². The molecular weight excluding hydrogens is 382 g/mol. The Labute approximate surface area is 171 Å². The minimum absolute atomic E-state index is 0. The molecule has 0 radical (unpaired) electrons. The van der Waals surface area contributed by atoms with E-state index >= 15 is 0 Å². The first-order chi connectivity index (χ1) is 12.6. The summed E-state index contributed by atoms with van der Waals surface area (Å²) in [5, 5.41) is 24.1. The molecule has 3 atom stereocenters. The fraction of sp³-hybridized carbons (Fsp3) is 0.429. The van der Waals surface area contributed by atoms with Gasteiger partial charge in [0.25, 0.3) is 0 Å². The number of aliphatic hydroxyl groups is 1. The molecule has 1 aliphatic heterocycles. The molecule has 0 saturated carbocycles. The smallest absolute Gasteiger partial charge is 0.129 e. The van der Waals surface area contributed by atoms with E-state index in [-0.39, 0.29) is 24.2 Å².